The molecule has 0 aliphatic carbocycles. The van der Waals surface area contributed by atoms with Crippen molar-refractivity contribution in [2.45, 2.75) is 20.4 Å². The average molecular weight is 154 g/mol. The highest BCUT2D eigenvalue weighted by atomic mass is 15.4. The summed E-state index contributed by atoms with van der Waals surface area (Å²) in [4.78, 5) is 6.14. The summed E-state index contributed by atoms with van der Waals surface area (Å²) >= 11 is 0. The lowest BCUT2D eigenvalue weighted by atomic mass is 10.6. The van der Waals surface area contributed by atoms with Crippen LogP contribution in [0, 0.1) is 0 Å². The molecule has 0 spiro atoms. The van der Waals surface area contributed by atoms with E-state index in [4.69, 9.17) is 0 Å². The lowest BCUT2D eigenvalue weighted by Crippen LogP contribution is -2.17. The molecule has 4 nitrogen and oxygen atoms in total. The molecule has 0 radical (unpaired) electrons. The molecule has 11 heavy (non-hydrogen) atoms. The molecule has 1 rings (SSSR count). The Labute approximate surface area is 66.8 Å². The van der Waals surface area contributed by atoms with E-state index in [1.165, 1.54) is 0 Å². The molecule has 0 aliphatic rings. The molecular formula is C7H14N4. The zero-order valence-electron chi connectivity index (χ0n) is 7.28. The van der Waals surface area contributed by atoms with Crippen molar-refractivity contribution in [3.8, 4) is 0 Å². The molecule has 0 bridgehead atoms. The SMILES string of the molecule is CCN(C)c1ncn(CC)n1. The largest absolute Gasteiger partial charge is 0.343 e. The molecule has 62 valence electrons. The van der Waals surface area contributed by atoms with Crippen molar-refractivity contribution in [3.05, 3.63) is 6.33 Å². The van der Waals surface area contributed by atoms with Crippen LogP contribution in [0.4, 0.5) is 5.95 Å². The predicted molar refractivity (Wildman–Crippen MR) is 44.6 cm³/mol. The fourth-order valence-corrected chi connectivity index (χ4v) is 0.753. The molecule has 0 saturated heterocycles. The maximum absolute atomic E-state index is 4.23. The van der Waals surface area contributed by atoms with E-state index < -0.39 is 0 Å². The van der Waals surface area contributed by atoms with Crippen LogP contribution in [-0.4, -0.2) is 28.4 Å². The van der Waals surface area contributed by atoms with Crippen LogP contribution in [0.25, 0.3) is 0 Å². The van der Waals surface area contributed by atoms with Crippen LogP contribution in [-0.2, 0) is 6.54 Å². The quantitative estimate of drug-likeness (QED) is 0.644. The maximum atomic E-state index is 4.23. The van der Waals surface area contributed by atoms with Crippen LogP contribution in [0.1, 0.15) is 13.8 Å². The number of aryl methyl sites for hydroxylation is 1. The molecule has 0 amide bonds. The summed E-state index contributed by atoms with van der Waals surface area (Å²) in [6, 6.07) is 0. The summed E-state index contributed by atoms with van der Waals surface area (Å²) < 4.78 is 1.82. The number of aromatic nitrogens is 3. The number of anilines is 1. The highest BCUT2D eigenvalue weighted by Gasteiger charge is 2.02. The molecule has 4 heteroatoms. The van der Waals surface area contributed by atoms with Gasteiger partial charge in [-0.25, -0.2) is 4.98 Å². The number of nitrogens with zero attached hydrogens (tertiary/aromatic N) is 4. The fraction of sp³-hybridized carbons (Fsp3) is 0.714. The van der Waals surface area contributed by atoms with Crippen molar-refractivity contribution >= 4 is 5.95 Å². The molecule has 0 N–H and O–H groups in total. The third-order valence-electron chi connectivity index (χ3n) is 1.66. The van der Waals surface area contributed by atoms with Gasteiger partial charge in [-0.2, -0.15) is 0 Å². The van der Waals surface area contributed by atoms with Gasteiger partial charge in [0.15, 0.2) is 0 Å². The molecular weight excluding hydrogens is 140 g/mol. The third-order valence-corrected chi connectivity index (χ3v) is 1.66. The second-order valence-electron chi connectivity index (χ2n) is 2.41. The van der Waals surface area contributed by atoms with Gasteiger partial charge in [-0.1, -0.05) is 0 Å². The van der Waals surface area contributed by atoms with Crippen molar-refractivity contribution in [2.24, 2.45) is 0 Å². The first-order valence-corrected chi connectivity index (χ1v) is 3.88. The highest BCUT2D eigenvalue weighted by Crippen LogP contribution is 2.01. The van der Waals surface area contributed by atoms with E-state index in [1.807, 2.05) is 23.6 Å². The number of rotatable bonds is 3. The van der Waals surface area contributed by atoms with Crippen molar-refractivity contribution in [1.82, 2.24) is 14.8 Å². The standard InChI is InChI=1S/C7H14N4/c1-4-10(3)7-8-6-11(5-2)9-7/h6H,4-5H2,1-3H3. The zero-order valence-corrected chi connectivity index (χ0v) is 7.28. The van der Waals surface area contributed by atoms with Gasteiger partial charge in [0, 0.05) is 20.1 Å². The van der Waals surface area contributed by atoms with Gasteiger partial charge in [0.2, 0.25) is 5.95 Å². The van der Waals surface area contributed by atoms with Crippen LogP contribution in [0.5, 0.6) is 0 Å². The molecule has 0 aliphatic heterocycles. The Kier molecular flexibility index (Phi) is 2.46. The minimum Gasteiger partial charge on any atom is -0.343 e. The summed E-state index contributed by atoms with van der Waals surface area (Å²) in [5.41, 5.74) is 0. The minimum atomic E-state index is 0.800. The van der Waals surface area contributed by atoms with E-state index in [0.717, 1.165) is 19.0 Å². The minimum absolute atomic E-state index is 0.800. The van der Waals surface area contributed by atoms with Crippen molar-refractivity contribution in [2.75, 3.05) is 18.5 Å². The van der Waals surface area contributed by atoms with Crippen LogP contribution in [0.2, 0.25) is 0 Å². The summed E-state index contributed by atoms with van der Waals surface area (Å²) in [7, 11) is 1.98. The fourth-order valence-electron chi connectivity index (χ4n) is 0.753. The summed E-state index contributed by atoms with van der Waals surface area (Å²) in [6.45, 7) is 5.94. The van der Waals surface area contributed by atoms with E-state index in [1.54, 1.807) is 6.33 Å². The normalized spacial score (nSPS) is 10.1. The molecule has 0 saturated carbocycles. The lowest BCUT2D eigenvalue weighted by molar-refractivity contribution is 0.655. The molecule has 0 aromatic carbocycles. The van der Waals surface area contributed by atoms with Gasteiger partial charge in [0.1, 0.15) is 6.33 Å². The third kappa shape index (κ3) is 1.69. The zero-order chi connectivity index (χ0) is 8.27. The molecule has 1 heterocycles. The Morgan fingerprint density at radius 3 is 2.73 bits per heavy atom. The summed E-state index contributed by atoms with van der Waals surface area (Å²) in [5, 5.41) is 4.23. The van der Waals surface area contributed by atoms with Gasteiger partial charge in [-0.3, -0.25) is 4.68 Å². The summed E-state index contributed by atoms with van der Waals surface area (Å²) in [6.07, 6.45) is 1.75. The number of hydrogen-bond donors (Lipinski definition) is 0. The molecule has 1 aromatic rings. The highest BCUT2D eigenvalue weighted by molar-refractivity contribution is 5.24. The van der Waals surface area contributed by atoms with Crippen LogP contribution in [0.15, 0.2) is 6.33 Å². The lowest BCUT2D eigenvalue weighted by Gasteiger charge is -2.09. The van der Waals surface area contributed by atoms with Gasteiger partial charge < -0.3 is 4.90 Å². The maximum Gasteiger partial charge on any atom is 0.244 e. The van der Waals surface area contributed by atoms with E-state index in [-0.39, 0.29) is 0 Å². The molecule has 0 atom stereocenters. The Bertz CT molecular complexity index is 218. The van der Waals surface area contributed by atoms with E-state index in [2.05, 4.69) is 17.0 Å². The Morgan fingerprint density at radius 2 is 2.27 bits per heavy atom. The average Bonchev–Trinajstić information content (AvgIpc) is 2.50. The summed E-state index contributed by atoms with van der Waals surface area (Å²) in [5.74, 6) is 0.800. The Hall–Kier alpha value is -1.06. The second-order valence-corrected chi connectivity index (χ2v) is 2.41. The van der Waals surface area contributed by atoms with Gasteiger partial charge >= 0.3 is 0 Å². The van der Waals surface area contributed by atoms with Crippen molar-refractivity contribution < 1.29 is 0 Å². The topological polar surface area (TPSA) is 34.0 Å². The van der Waals surface area contributed by atoms with Crippen molar-refractivity contribution in [3.63, 3.8) is 0 Å². The van der Waals surface area contributed by atoms with E-state index in [9.17, 15) is 0 Å². The predicted octanol–water partition coefficient (Wildman–Crippen LogP) is 0.754. The monoisotopic (exact) mass is 154 g/mol. The van der Waals surface area contributed by atoms with Crippen LogP contribution >= 0.6 is 0 Å². The smallest absolute Gasteiger partial charge is 0.244 e. The number of hydrogen-bond acceptors (Lipinski definition) is 3. The Morgan fingerprint density at radius 1 is 1.55 bits per heavy atom. The van der Waals surface area contributed by atoms with Gasteiger partial charge in [-0.15, -0.1) is 5.10 Å². The van der Waals surface area contributed by atoms with Crippen LogP contribution in [0.3, 0.4) is 0 Å². The first-order chi connectivity index (χ1) is 5.27. The van der Waals surface area contributed by atoms with Gasteiger partial charge in [-0.05, 0) is 13.8 Å². The van der Waals surface area contributed by atoms with E-state index in [0.29, 0.717) is 0 Å². The van der Waals surface area contributed by atoms with Crippen LogP contribution < -0.4 is 4.90 Å². The second kappa shape index (κ2) is 3.37. The van der Waals surface area contributed by atoms with Gasteiger partial charge in [0.05, 0.1) is 0 Å². The molecule has 0 unspecified atom stereocenters. The van der Waals surface area contributed by atoms with Gasteiger partial charge in [0.25, 0.3) is 0 Å². The molecule has 0 fully saturated rings. The first-order valence-electron chi connectivity index (χ1n) is 3.88. The first kappa shape index (κ1) is 8.04. The molecule has 1 aromatic heterocycles. The van der Waals surface area contributed by atoms with Crippen molar-refractivity contribution in [1.29, 1.82) is 0 Å². The van der Waals surface area contributed by atoms with E-state index >= 15 is 0 Å². The Balaban J connectivity index is 2.71.